The minimum Gasteiger partial charge on any atom is -0.480 e. The molecule has 0 unspecified atom stereocenters. The first kappa shape index (κ1) is 25.9. The Kier molecular flexibility index (Phi) is 7.54. The smallest absolute Gasteiger partial charge is 0.334 e. The minimum absolute atomic E-state index is 0.00957. The quantitative estimate of drug-likeness (QED) is 0.430. The second-order valence-electron chi connectivity index (χ2n) is 8.27. The first-order valence-electron chi connectivity index (χ1n) is 10.9. The van der Waals surface area contributed by atoms with Gasteiger partial charge in [0.15, 0.2) is 6.04 Å². The van der Waals surface area contributed by atoms with Crippen LogP contribution in [0.15, 0.2) is 71.6 Å². The van der Waals surface area contributed by atoms with Crippen molar-refractivity contribution in [3.8, 4) is 11.1 Å². The topological polar surface area (TPSA) is 95.0 Å². The van der Waals surface area contributed by atoms with Crippen molar-refractivity contribution in [2.75, 3.05) is 13.1 Å². The van der Waals surface area contributed by atoms with Crippen molar-refractivity contribution in [1.82, 2.24) is 9.21 Å². The number of halogens is 3. The van der Waals surface area contributed by atoms with Gasteiger partial charge in [0, 0.05) is 35.1 Å². The maximum Gasteiger partial charge on any atom is 0.334 e. The number of urea groups is 1. The number of nitrogens with zero attached hydrogens (tertiary/aromatic N) is 2. The highest BCUT2D eigenvalue weighted by Gasteiger charge is 2.43. The summed E-state index contributed by atoms with van der Waals surface area (Å²) >= 11 is 12.0. The lowest BCUT2D eigenvalue weighted by Gasteiger charge is -2.37. The van der Waals surface area contributed by atoms with Gasteiger partial charge in [0.05, 0.1) is 4.90 Å². The number of sulfonamides is 1. The minimum atomic E-state index is -4.68. The molecule has 2 amide bonds. The summed E-state index contributed by atoms with van der Waals surface area (Å²) in [5, 5.41) is 10.1. The van der Waals surface area contributed by atoms with Crippen LogP contribution in [0.25, 0.3) is 11.1 Å². The number of benzene rings is 3. The normalized spacial score (nSPS) is 14.1. The Morgan fingerprint density at radius 1 is 1.00 bits per heavy atom. The van der Waals surface area contributed by atoms with Gasteiger partial charge in [-0.05, 0) is 47.9 Å². The summed E-state index contributed by atoms with van der Waals surface area (Å²) in [4.78, 5) is 26.5. The van der Waals surface area contributed by atoms with E-state index < -0.39 is 38.8 Å². The SMILES string of the molecule is O=C(O)[C@H](Cc1ccc(F)c(-c2ccccc2)c1)N(C(=O)N1CCC1)S(=O)(=O)c1cc(Cl)cc(Cl)c1. The Balaban J connectivity index is 1.78. The van der Waals surface area contributed by atoms with E-state index in [1.807, 2.05) is 0 Å². The van der Waals surface area contributed by atoms with Crippen LogP contribution in [-0.2, 0) is 21.2 Å². The van der Waals surface area contributed by atoms with Gasteiger partial charge in [0.1, 0.15) is 5.82 Å². The number of hydrogen-bond acceptors (Lipinski definition) is 4. The van der Waals surface area contributed by atoms with Crippen molar-refractivity contribution in [1.29, 1.82) is 0 Å². The lowest BCUT2D eigenvalue weighted by Crippen LogP contribution is -2.57. The zero-order valence-electron chi connectivity index (χ0n) is 18.8. The van der Waals surface area contributed by atoms with Crippen molar-refractivity contribution < 1.29 is 27.5 Å². The maximum atomic E-state index is 14.6. The van der Waals surface area contributed by atoms with Gasteiger partial charge in [-0.2, -0.15) is 0 Å². The Hall–Kier alpha value is -3.14. The summed E-state index contributed by atoms with van der Waals surface area (Å²) in [6.07, 6.45) is 0.279. The molecular formula is C25H21Cl2FN2O5S. The number of carbonyl (C=O) groups excluding carboxylic acids is 1. The van der Waals surface area contributed by atoms with Gasteiger partial charge < -0.3 is 10.0 Å². The van der Waals surface area contributed by atoms with Gasteiger partial charge in [-0.25, -0.2) is 26.7 Å². The van der Waals surface area contributed by atoms with E-state index in [0.29, 0.717) is 34.9 Å². The fourth-order valence-electron chi connectivity index (χ4n) is 3.87. The summed E-state index contributed by atoms with van der Waals surface area (Å²) in [5.74, 6) is -2.06. The molecule has 7 nitrogen and oxygen atoms in total. The number of aliphatic carboxylic acids is 1. The van der Waals surface area contributed by atoms with Crippen LogP contribution in [0.2, 0.25) is 10.0 Å². The molecule has 4 rings (SSSR count). The van der Waals surface area contributed by atoms with E-state index in [9.17, 15) is 27.5 Å². The molecule has 0 aromatic heterocycles. The molecule has 0 saturated carbocycles. The van der Waals surface area contributed by atoms with Crippen LogP contribution in [-0.4, -0.2) is 53.9 Å². The first-order chi connectivity index (χ1) is 17.1. The molecule has 188 valence electrons. The third-order valence-electron chi connectivity index (χ3n) is 5.82. The van der Waals surface area contributed by atoms with Gasteiger partial charge in [-0.1, -0.05) is 59.6 Å². The van der Waals surface area contributed by atoms with Gasteiger partial charge in [-0.15, -0.1) is 0 Å². The zero-order valence-corrected chi connectivity index (χ0v) is 21.1. The number of amides is 2. The number of carbonyl (C=O) groups is 2. The van der Waals surface area contributed by atoms with Gasteiger partial charge in [0.25, 0.3) is 10.0 Å². The lowest BCUT2D eigenvalue weighted by molar-refractivity contribution is -0.141. The number of carboxylic acids is 1. The number of carboxylic acid groups (broad SMARTS) is 1. The molecule has 0 bridgehead atoms. The maximum absolute atomic E-state index is 14.6. The molecule has 1 fully saturated rings. The first-order valence-corrected chi connectivity index (χ1v) is 13.1. The van der Waals surface area contributed by atoms with Crippen LogP contribution in [0, 0.1) is 5.82 Å². The summed E-state index contributed by atoms with van der Waals surface area (Å²) in [6.45, 7) is 0.588. The second kappa shape index (κ2) is 10.5. The van der Waals surface area contributed by atoms with Crippen LogP contribution in [0.1, 0.15) is 12.0 Å². The van der Waals surface area contributed by atoms with Gasteiger partial charge in [-0.3, -0.25) is 0 Å². The molecule has 1 aliphatic rings. The summed E-state index contributed by atoms with van der Waals surface area (Å²) in [7, 11) is -4.68. The molecule has 3 aromatic rings. The van der Waals surface area contributed by atoms with E-state index in [4.69, 9.17) is 23.2 Å². The Labute approximate surface area is 217 Å². The van der Waals surface area contributed by atoms with Crippen LogP contribution in [0.5, 0.6) is 0 Å². The molecule has 1 atom stereocenters. The molecule has 3 aromatic carbocycles. The van der Waals surface area contributed by atoms with Gasteiger partial charge in [0.2, 0.25) is 0 Å². The summed E-state index contributed by atoms with van der Waals surface area (Å²) in [5.41, 5.74) is 1.13. The van der Waals surface area contributed by atoms with Crippen molar-refractivity contribution in [3.05, 3.63) is 88.2 Å². The summed E-state index contributed by atoms with van der Waals surface area (Å²) in [6, 6.07) is 13.4. The van der Waals surface area contributed by atoms with Gasteiger partial charge >= 0.3 is 12.0 Å². The largest absolute Gasteiger partial charge is 0.480 e. The fourth-order valence-corrected chi connectivity index (χ4v) is 6.13. The Morgan fingerprint density at radius 2 is 1.64 bits per heavy atom. The van der Waals surface area contributed by atoms with E-state index in [0.717, 1.165) is 12.1 Å². The summed E-state index contributed by atoms with van der Waals surface area (Å²) < 4.78 is 42.2. The molecule has 11 heteroatoms. The molecule has 1 aliphatic heterocycles. The highest BCUT2D eigenvalue weighted by atomic mass is 35.5. The molecule has 1 heterocycles. The Morgan fingerprint density at radius 3 is 2.19 bits per heavy atom. The molecular weight excluding hydrogens is 530 g/mol. The van der Waals surface area contributed by atoms with Crippen LogP contribution < -0.4 is 0 Å². The third kappa shape index (κ3) is 5.33. The van der Waals surface area contributed by atoms with Crippen LogP contribution >= 0.6 is 23.2 Å². The van der Waals surface area contributed by atoms with E-state index in [1.54, 1.807) is 30.3 Å². The molecule has 0 aliphatic carbocycles. The van der Waals surface area contributed by atoms with E-state index in [1.165, 1.54) is 29.2 Å². The predicted octanol–water partition coefficient (Wildman–Crippen LogP) is 5.31. The van der Waals surface area contributed by atoms with Crippen molar-refractivity contribution in [2.45, 2.75) is 23.8 Å². The monoisotopic (exact) mass is 550 g/mol. The average molecular weight is 551 g/mol. The number of hydrogen-bond donors (Lipinski definition) is 1. The highest BCUT2D eigenvalue weighted by molar-refractivity contribution is 7.89. The van der Waals surface area contributed by atoms with E-state index in [2.05, 4.69) is 0 Å². The molecule has 1 saturated heterocycles. The van der Waals surface area contributed by atoms with Crippen LogP contribution in [0.3, 0.4) is 0 Å². The molecule has 1 N–H and O–H groups in total. The standard InChI is InChI=1S/C25H21Cl2FN2O5S/c26-18-13-19(27)15-20(14-18)36(34,35)30(25(33)29-9-4-10-29)23(24(31)32)12-16-7-8-22(28)21(11-16)17-5-2-1-3-6-17/h1-3,5-8,11,13-15,23H,4,9-10,12H2,(H,31,32)/t23-/m0/s1. The highest BCUT2D eigenvalue weighted by Crippen LogP contribution is 2.30. The zero-order chi connectivity index (χ0) is 26.0. The number of likely N-dealkylation sites (tertiary alicyclic amines) is 1. The third-order valence-corrected chi connectivity index (χ3v) is 8.02. The lowest BCUT2D eigenvalue weighted by atomic mass is 9.99. The Bertz CT molecular complexity index is 1390. The molecule has 0 radical (unpaired) electrons. The molecule has 36 heavy (non-hydrogen) atoms. The average Bonchev–Trinajstić information content (AvgIpc) is 2.78. The van der Waals surface area contributed by atoms with Crippen molar-refractivity contribution in [2.24, 2.45) is 0 Å². The fraction of sp³-hybridized carbons (Fsp3) is 0.200. The van der Waals surface area contributed by atoms with Crippen molar-refractivity contribution >= 4 is 45.2 Å². The van der Waals surface area contributed by atoms with E-state index >= 15 is 0 Å². The second-order valence-corrected chi connectivity index (χ2v) is 11.0. The van der Waals surface area contributed by atoms with Crippen molar-refractivity contribution in [3.63, 3.8) is 0 Å². The van der Waals surface area contributed by atoms with E-state index in [-0.39, 0.29) is 22.0 Å². The predicted molar refractivity (Wildman–Crippen MR) is 134 cm³/mol. The molecule has 0 spiro atoms. The number of rotatable bonds is 7. The van der Waals surface area contributed by atoms with Crippen LogP contribution in [0.4, 0.5) is 9.18 Å².